The zero-order valence-electron chi connectivity index (χ0n) is 14.8. The molecule has 0 saturated heterocycles. The van der Waals surface area contributed by atoms with Gasteiger partial charge in [0.05, 0.1) is 18.8 Å². The highest BCUT2D eigenvalue weighted by Gasteiger charge is 2.34. The van der Waals surface area contributed by atoms with Crippen molar-refractivity contribution < 1.29 is 9.53 Å². The predicted molar refractivity (Wildman–Crippen MR) is 95.0 cm³/mol. The minimum Gasteiger partial charge on any atom is -0.481 e. The van der Waals surface area contributed by atoms with Gasteiger partial charge >= 0.3 is 0 Å². The van der Waals surface area contributed by atoms with Crippen molar-refractivity contribution in [2.45, 2.75) is 57.4 Å². The fraction of sp³-hybridized carbons (Fsp3) is 0.526. The van der Waals surface area contributed by atoms with Crippen LogP contribution in [0.2, 0.25) is 0 Å². The van der Waals surface area contributed by atoms with Crippen molar-refractivity contribution in [3.8, 4) is 5.88 Å². The molecule has 4 rings (SSSR count). The van der Waals surface area contributed by atoms with Crippen LogP contribution in [-0.4, -0.2) is 27.8 Å². The Labute approximate surface area is 147 Å². The maximum Gasteiger partial charge on any atom is 0.226 e. The minimum absolute atomic E-state index is 0.00186. The number of aromatic nitrogens is 3. The Bertz CT molecular complexity index is 793. The van der Waals surface area contributed by atoms with Gasteiger partial charge in [0.25, 0.3) is 0 Å². The Morgan fingerprint density at radius 1 is 1.28 bits per heavy atom. The Morgan fingerprint density at radius 3 is 2.84 bits per heavy atom. The third-order valence-corrected chi connectivity index (χ3v) is 5.42. The van der Waals surface area contributed by atoms with Crippen LogP contribution in [0.5, 0.6) is 5.88 Å². The molecule has 1 atom stereocenters. The maximum absolute atomic E-state index is 12.4. The van der Waals surface area contributed by atoms with E-state index in [9.17, 15) is 4.79 Å². The summed E-state index contributed by atoms with van der Waals surface area (Å²) in [4.78, 5) is 16.6. The highest BCUT2D eigenvalue weighted by Crippen LogP contribution is 2.42. The summed E-state index contributed by atoms with van der Waals surface area (Å²) in [6, 6.07) is 4.28. The zero-order chi connectivity index (χ0) is 17.4. The fourth-order valence-electron chi connectivity index (χ4n) is 4.20. The maximum atomic E-state index is 12.4. The minimum atomic E-state index is -0.00186. The van der Waals surface area contributed by atoms with Crippen LogP contribution in [0.1, 0.15) is 67.3 Å². The topological polar surface area (TPSA) is 69.0 Å². The molecular weight excluding hydrogens is 316 g/mol. The molecule has 132 valence electrons. The van der Waals surface area contributed by atoms with Crippen molar-refractivity contribution in [2.75, 3.05) is 12.4 Å². The monoisotopic (exact) mass is 340 g/mol. The van der Waals surface area contributed by atoms with Crippen LogP contribution in [0.3, 0.4) is 0 Å². The predicted octanol–water partition coefficient (Wildman–Crippen LogP) is 3.57. The standard InChI is InChI=1S/C19H24N4O2/c1-12-18-15(13-8-9-20-17(10-13)25-2)11-16(24)21-19(18)23(22-12)14-6-4-3-5-7-14/h8-10,14-15H,3-7,11H2,1-2H3,(H,21,24). The van der Waals surface area contributed by atoms with E-state index in [0.29, 0.717) is 18.3 Å². The molecule has 1 unspecified atom stereocenters. The van der Waals surface area contributed by atoms with Gasteiger partial charge in [-0.25, -0.2) is 9.67 Å². The molecule has 0 spiro atoms. The molecule has 2 aliphatic rings. The third kappa shape index (κ3) is 2.90. The van der Waals surface area contributed by atoms with Crippen molar-refractivity contribution in [3.05, 3.63) is 35.2 Å². The number of nitrogens with one attached hydrogen (secondary N) is 1. The highest BCUT2D eigenvalue weighted by molar-refractivity contribution is 5.94. The lowest BCUT2D eigenvalue weighted by atomic mass is 9.86. The van der Waals surface area contributed by atoms with Gasteiger partial charge in [0.2, 0.25) is 11.8 Å². The van der Waals surface area contributed by atoms with Crippen LogP contribution in [0.4, 0.5) is 5.82 Å². The van der Waals surface area contributed by atoms with Crippen molar-refractivity contribution >= 4 is 11.7 Å². The van der Waals surface area contributed by atoms with E-state index < -0.39 is 0 Å². The van der Waals surface area contributed by atoms with Crippen molar-refractivity contribution in [3.63, 3.8) is 0 Å². The first-order valence-electron chi connectivity index (χ1n) is 9.06. The first kappa shape index (κ1) is 16.1. The lowest BCUT2D eigenvalue weighted by Gasteiger charge is -2.28. The zero-order valence-corrected chi connectivity index (χ0v) is 14.8. The summed E-state index contributed by atoms with van der Waals surface area (Å²) in [5.41, 5.74) is 3.19. The van der Waals surface area contributed by atoms with Crippen LogP contribution < -0.4 is 10.1 Å². The van der Waals surface area contributed by atoms with Crippen molar-refractivity contribution in [1.82, 2.24) is 14.8 Å². The van der Waals surface area contributed by atoms with E-state index in [0.717, 1.165) is 35.5 Å². The summed E-state index contributed by atoms with van der Waals surface area (Å²) in [6.07, 6.45) is 8.20. The van der Waals surface area contributed by atoms with Crippen LogP contribution in [0.15, 0.2) is 18.3 Å². The Morgan fingerprint density at radius 2 is 2.08 bits per heavy atom. The van der Waals surface area contributed by atoms with Gasteiger partial charge in [0.1, 0.15) is 5.82 Å². The number of fused-ring (bicyclic) bond motifs is 1. The van der Waals surface area contributed by atoms with E-state index >= 15 is 0 Å². The molecule has 0 bridgehead atoms. The smallest absolute Gasteiger partial charge is 0.226 e. The van der Waals surface area contributed by atoms with E-state index in [1.807, 2.05) is 19.1 Å². The number of carbonyl (C=O) groups is 1. The summed E-state index contributed by atoms with van der Waals surface area (Å²) in [5.74, 6) is 1.51. The average Bonchev–Trinajstić information content (AvgIpc) is 2.98. The molecule has 2 aromatic rings. The number of pyridine rings is 1. The fourth-order valence-corrected chi connectivity index (χ4v) is 4.20. The molecule has 6 nitrogen and oxygen atoms in total. The second kappa shape index (κ2) is 6.50. The van der Waals surface area contributed by atoms with Crippen LogP contribution >= 0.6 is 0 Å². The van der Waals surface area contributed by atoms with Gasteiger partial charge in [-0.1, -0.05) is 19.3 Å². The molecule has 6 heteroatoms. The van der Waals surface area contributed by atoms with Gasteiger partial charge in [0, 0.05) is 30.2 Å². The van der Waals surface area contributed by atoms with E-state index in [4.69, 9.17) is 9.84 Å². The number of hydrogen-bond acceptors (Lipinski definition) is 4. The number of rotatable bonds is 3. The summed E-state index contributed by atoms with van der Waals surface area (Å²) in [5, 5.41) is 7.91. The van der Waals surface area contributed by atoms with Crippen LogP contribution in [0, 0.1) is 6.92 Å². The summed E-state index contributed by atoms with van der Waals surface area (Å²) < 4.78 is 7.33. The molecule has 1 aliphatic carbocycles. The summed E-state index contributed by atoms with van der Waals surface area (Å²) in [6.45, 7) is 2.04. The molecular formula is C19H24N4O2. The number of amides is 1. The largest absolute Gasteiger partial charge is 0.481 e. The molecule has 1 amide bonds. The molecule has 0 aromatic carbocycles. The number of aryl methyl sites for hydroxylation is 1. The lowest BCUT2D eigenvalue weighted by Crippen LogP contribution is -2.26. The van der Waals surface area contributed by atoms with Crippen molar-refractivity contribution in [2.24, 2.45) is 0 Å². The quantitative estimate of drug-likeness (QED) is 0.927. The van der Waals surface area contributed by atoms with E-state index in [1.54, 1.807) is 13.3 Å². The molecule has 1 N–H and O–H groups in total. The Kier molecular flexibility index (Phi) is 4.19. The number of ether oxygens (including phenoxy) is 1. The number of carbonyl (C=O) groups excluding carboxylic acids is 1. The average molecular weight is 340 g/mol. The normalized spacial score (nSPS) is 20.9. The molecule has 1 aliphatic heterocycles. The SMILES string of the molecule is COc1cc(C2CC(=O)Nc3c2c(C)nn3C2CCCCC2)ccn1. The number of methoxy groups -OCH3 is 1. The summed E-state index contributed by atoms with van der Waals surface area (Å²) >= 11 is 0. The molecule has 1 fully saturated rings. The van der Waals surface area contributed by atoms with E-state index in [-0.39, 0.29) is 11.8 Å². The summed E-state index contributed by atoms with van der Waals surface area (Å²) in [7, 11) is 1.61. The lowest BCUT2D eigenvalue weighted by molar-refractivity contribution is -0.116. The van der Waals surface area contributed by atoms with Gasteiger partial charge in [-0.05, 0) is 31.4 Å². The number of hydrogen-bond donors (Lipinski definition) is 1. The number of anilines is 1. The van der Waals surface area contributed by atoms with Gasteiger partial charge in [-0.3, -0.25) is 4.79 Å². The molecule has 1 saturated carbocycles. The Hall–Kier alpha value is -2.37. The molecule has 25 heavy (non-hydrogen) atoms. The molecule has 2 aromatic heterocycles. The third-order valence-electron chi connectivity index (χ3n) is 5.42. The van der Waals surface area contributed by atoms with E-state index in [1.165, 1.54) is 19.3 Å². The van der Waals surface area contributed by atoms with Crippen LogP contribution in [-0.2, 0) is 4.79 Å². The molecule has 3 heterocycles. The second-order valence-corrected chi connectivity index (χ2v) is 7.02. The second-order valence-electron chi connectivity index (χ2n) is 7.02. The Balaban J connectivity index is 1.78. The van der Waals surface area contributed by atoms with Gasteiger partial charge in [-0.15, -0.1) is 0 Å². The van der Waals surface area contributed by atoms with Gasteiger partial charge in [0.15, 0.2) is 0 Å². The number of nitrogens with zero attached hydrogens (tertiary/aromatic N) is 3. The first-order chi connectivity index (χ1) is 12.2. The first-order valence-corrected chi connectivity index (χ1v) is 9.06. The van der Waals surface area contributed by atoms with Crippen LogP contribution in [0.25, 0.3) is 0 Å². The van der Waals surface area contributed by atoms with E-state index in [2.05, 4.69) is 15.0 Å². The molecule has 0 radical (unpaired) electrons. The highest BCUT2D eigenvalue weighted by atomic mass is 16.5. The van der Waals surface area contributed by atoms with Gasteiger partial charge < -0.3 is 10.1 Å². The van der Waals surface area contributed by atoms with Crippen molar-refractivity contribution in [1.29, 1.82) is 0 Å². The van der Waals surface area contributed by atoms with Gasteiger partial charge in [-0.2, -0.15) is 5.10 Å².